The smallest absolute Gasteiger partial charge is 0.258 e. The number of thioether (sulfide) groups is 1. The fraction of sp³-hybridized carbons (Fsp3) is 0.143. The van der Waals surface area contributed by atoms with Crippen LogP contribution < -0.4 is 0 Å². The van der Waals surface area contributed by atoms with Gasteiger partial charge in [-0.05, 0) is 33.8 Å². The van der Waals surface area contributed by atoms with Crippen LogP contribution in [0.4, 0.5) is 23.2 Å². The van der Waals surface area contributed by atoms with Crippen molar-refractivity contribution in [3.8, 4) is 0 Å². The van der Waals surface area contributed by atoms with Gasteiger partial charge in [0.05, 0.1) is 11.0 Å². The van der Waals surface area contributed by atoms with Crippen molar-refractivity contribution in [3.63, 3.8) is 0 Å². The molecule has 0 aliphatic rings. The van der Waals surface area contributed by atoms with Gasteiger partial charge in [0.1, 0.15) is 10.7 Å². The van der Waals surface area contributed by atoms with E-state index in [0.717, 1.165) is 6.07 Å². The Bertz CT molecular complexity index is 437. The van der Waals surface area contributed by atoms with Crippen LogP contribution in [0.15, 0.2) is 21.5 Å². The van der Waals surface area contributed by atoms with Gasteiger partial charge in [-0.25, -0.2) is 4.39 Å². The number of benzene rings is 1. The lowest BCUT2D eigenvalue weighted by Crippen LogP contribution is -2.02. The molecular weight excluding hydrogens is 318 g/mol. The first-order valence-corrected chi connectivity index (χ1v) is 5.21. The molecular formula is C7H2BrF4NO2S. The van der Waals surface area contributed by atoms with Gasteiger partial charge < -0.3 is 0 Å². The number of rotatable bonds is 2. The molecule has 0 bridgehead atoms. The highest BCUT2D eigenvalue weighted by atomic mass is 79.9. The van der Waals surface area contributed by atoms with Gasteiger partial charge in [-0.3, -0.25) is 10.1 Å². The average molecular weight is 320 g/mol. The van der Waals surface area contributed by atoms with Crippen molar-refractivity contribution in [2.45, 2.75) is 10.4 Å². The van der Waals surface area contributed by atoms with Crippen molar-refractivity contribution in [3.05, 3.63) is 32.5 Å². The monoisotopic (exact) mass is 319 g/mol. The molecule has 0 unspecified atom stereocenters. The van der Waals surface area contributed by atoms with Gasteiger partial charge in [0, 0.05) is 4.47 Å². The highest BCUT2D eigenvalue weighted by Gasteiger charge is 2.34. The fourth-order valence-corrected chi connectivity index (χ4v) is 2.19. The highest BCUT2D eigenvalue weighted by Crippen LogP contribution is 2.45. The highest BCUT2D eigenvalue weighted by molar-refractivity contribution is 9.10. The molecule has 0 radical (unpaired) electrons. The zero-order valence-electron chi connectivity index (χ0n) is 7.22. The van der Waals surface area contributed by atoms with Gasteiger partial charge in [0.15, 0.2) is 0 Å². The SMILES string of the molecule is O=[N+]([O-])c1cc(F)cc(Br)c1SC(F)(F)F. The number of hydrogen-bond acceptors (Lipinski definition) is 3. The minimum absolute atomic E-state index is 0.304. The van der Waals surface area contributed by atoms with Crippen LogP contribution in [0.2, 0.25) is 0 Å². The van der Waals surface area contributed by atoms with Crippen LogP contribution in [0.5, 0.6) is 0 Å². The third kappa shape index (κ3) is 3.34. The topological polar surface area (TPSA) is 43.1 Å². The molecule has 1 rings (SSSR count). The van der Waals surface area contributed by atoms with Crippen molar-refractivity contribution >= 4 is 33.4 Å². The maximum absolute atomic E-state index is 12.8. The van der Waals surface area contributed by atoms with Gasteiger partial charge in [-0.1, -0.05) is 0 Å². The lowest BCUT2D eigenvalue weighted by atomic mass is 10.3. The maximum Gasteiger partial charge on any atom is 0.446 e. The fourth-order valence-electron chi connectivity index (χ4n) is 0.899. The lowest BCUT2D eigenvalue weighted by Gasteiger charge is -2.08. The average Bonchev–Trinajstić information content (AvgIpc) is 2.07. The Morgan fingerprint density at radius 1 is 1.38 bits per heavy atom. The van der Waals surface area contributed by atoms with Crippen LogP contribution in [0.3, 0.4) is 0 Å². The Morgan fingerprint density at radius 3 is 2.38 bits per heavy atom. The Kier molecular flexibility index (Phi) is 3.79. The molecule has 0 aromatic heterocycles. The second kappa shape index (κ2) is 4.58. The first kappa shape index (κ1) is 13.2. The third-order valence-corrected chi connectivity index (χ3v) is 3.16. The van der Waals surface area contributed by atoms with E-state index >= 15 is 0 Å². The Morgan fingerprint density at radius 2 is 1.94 bits per heavy atom. The molecule has 0 aliphatic heterocycles. The summed E-state index contributed by atoms with van der Waals surface area (Å²) in [4.78, 5) is 8.71. The standard InChI is InChI=1S/C7H2BrF4NO2S/c8-4-1-3(9)2-5(13(14)15)6(4)16-7(10,11)12/h1-2H. The summed E-state index contributed by atoms with van der Waals surface area (Å²) in [5, 5.41) is 10.4. The number of hydrogen-bond donors (Lipinski definition) is 0. The van der Waals surface area contributed by atoms with E-state index in [9.17, 15) is 27.7 Å². The number of nitrogens with zero attached hydrogens (tertiary/aromatic N) is 1. The molecule has 9 heteroatoms. The number of nitro benzene ring substituents is 1. The number of nitro groups is 1. The van der Waals surface area contributed by atoms with E-state index in [-0.39, 0.29) is 4.47 Å². The van der Waals surface area contributed by atoms with Gasteiger partial charge in [0.2, 0.25) is 0 Å². The molecule has 88 valence electrons. The second-order valence-corrected chi connectivity index (χ2v) is 4.47. The van der Waals surface area contributed by atoms with Crippen molar-refractivity contribution < 1.29 is 22.5 Å². The molecule has 0 atom stereocenters. The molecule has 0 spiro atoms. The molecule has 16 heavy (non-hydrogen) atoms. The van der Waals surface area contributed by atoms with Gasteiger partial charge in [-0.2, -0.15) is 13.2 Å². The normalized spacial score (nSPS) is 11.6. The summed E-state index contributed by atoms with van der Waals surface area (Å²) in [6, 6.07) is 1.18. The predicted octanol–water partition coefficient (Wildman–Crippen LogP) is 4.11. The van der Waals surface area contributed by atoms with Crippen LogP contribution in [-0.4, -0.2) is 10.4 Å². The lowest BCUT2D eigenvalue weighted by molar-refractivity contribution is -0.388. The van der Waals surface area contributed by atoms with Gasteiger partial charge in [-0.15, -0.1) is 0 Å². The zero-order chi connectivity index (χ0) is 12.5. The van der Waals surface area contributed by atoms with Crippen LogP contribution in [-0.2, 0) is 0 Å². The number of alkyl halides is 3. The molecule has 0 fully saturated rings. The molecule has 0 heterocycles. The largest absolute Gasteiger partial charge is 0.446 e. The Balaban J connectivity index is 3.30. The van der Waals surface area contributed by atoms with Crippen molar-refractivity contribution in [2.75, 3.05) is 0 Å². The molecule has 0 saturated carbocycles. The quantitative estimate of drug-likeness (QED) is 0.356. The predicted molar refractivity (Wildman–Crippen MR) is 52.7 cm³/mol. The summed E-state index contributed by atoms with van der Waals surface area (Å²) in [6.45, 7) is 0. The van der Waals surface area contributed by atoms with Crippen molar-refractivity contribution in [2.24, 2.45) is 0 Å². The van der Waals surface area contributed by atoms with Crippen LogP contribution in [0.1, 0.15) is 0 Å². The molecule has 0 amide bonds. The van der Waals surface area contributed by atoms with E-state index in [1.54, 1.807) is 0 Å². The van der Waals surface area contributed by atoms with Crippen LogP contribution in [0.25, 0.3) is 0 Å². The van der Waals surface area contributed by atoms with E-state index in [2.05, 4.69) is 15.9 Å². The first-order chi connectivity index (χ1) is 7.20. The Labute approximate surface area is 99.1 Å². The minimum Gasteiger partial charge on any atom is -0.258 e. The summed E-state index contributed by atoms with van der Waals surface area (Å²) >= 11 is 1.99. The third-order valence-electron chi connectivity index (χ3n) is 1.40. The van der Waals surface area contributed by atoms with E-state index in [1.807, 2.05) is 0 Å². The summed E-state index contributed by atoms with van der Waals surface area (Å²) in [7, 11) is 0. The maximum atomic E-state index is 12.8. The summed E-state index contributed by atoms with van der Waals surface area (Å²) in [5.41, 5.74) is -5.60. The summed E-state index contributed by atoms with van der Waals surface area (Å²) < 4.78 is 48.7. The number of halogens is 5. The van der Waals surface area contributed by atoms with Crippen molar-refractivity contribution in [1.29, 1.82) is 0 Å². The van der Waals surface area contributed by atoms with Crippen LogP contribution in [0, 0.1) is 15.9 Å². The van der Waals surface area contributed by atoms with Crippen molar-refractivity contribution in [1.82, 2.24) is 0 Å². The van der Waals surface area contributed by atoms with E-state index < -0.39 is 38.6 Å². The van der Waals surface area contributed by atoms with Gasteiger partial charge >= 0.3 is 5.51 Å². The molecule has 1 aromatic carbocycles. The summed E-state index contributed by atoms with van der Waals surface area (Å²) in [5.74, 6) is -0.981. The molecule has 1 aromatic rings. The zero-order valence-corrected chi connectivity index (χ0v) is 9.62. The Hall–Kier alpha value is -0.830. The molecule has 0 N–H and O–H groups in total. The van der Waals surface area contributed by atoms with Crippen LogP contribution >= 0.6 is 27.7 Å². The molecule has 0 saturated heterocycles. The minimum atomic E-state index is -4.68. The second-order valence-electron chi connectivity index (χ2n) is 2.54. The molecule has 3 nitrogen and oxygen atoms in total. The van der Waals surface area contributed by atoms with E-state index in [0.29, 0.717) is 6.07 Å². The first-order valence-electron chi connectivity index (χ1n) is 3.60. The summed E-state index contributed by atoms with van der Waals surface area (Å²) in [6.07, 6.45) is 0. The molecule has 0 aliphatic carbocycles. The van der Waals surface area contributed by atoms with E-state index in [1.165, 1.54) is 0 Å². The van der Waals surface area contributed by atoms with E-state index in [4.69, 9.17) is 0 Å². The van der Waals surface area contributed by atoms with Gasteiger partial charge in [0.25, 0.3) is 5.69 Å².